The zero-order valence-corrected chi connectivity index (χ0v) is 28.1. The summed E-state index contributed by atoms with van der Waals surface area (Å²) in [5.74, 6) is 0. The van der Waals surface area contributed by atoms with Gasteiger partial charge in [-0.25, -0.2) is 0 Å². The Morgan fingerprint density at radius 3 is 1.40 bits per heavy atom. The maximum Gasteiger partial charge on any atom is -0.00236 e. The Kier molecular flexibility index (Phi) is 7.25. The largest absolute Gasteiger partial charge is 0.0561 e. The van der Waals surface area contributed by atoms with E-state index in [1.165, 1.54) is 65.7 Å². The predicted octanol–water partition coefficient (Wildman–Crippen LogP) is 12.5. The monoisotopic (exact) mass is 554 g/mol. The maximum atomic E-state index is 2.47. The van der Waals surface area contributed by atoms with E-state index >= 15 is 0 Å². The van der Waals surface area contributed by atoms with Crippen LogP contribution in [0.15, 0.2) is 72.8 Å². The van der Waals surface area contributed by atoms with Crippen molar-refractivity contribution in [3.05, 3.63) is 106 Å². The van der Waals surface area contributed by atoms with Gasteiger partial charge >= 0.3 is 0 Å². The molecule has 0 atom stereocenters. The van der Waals surface area contributed by atoms with E-state index < -0.39 is 0 Å². The third-order valence-electron chi connectivity index (χ3n) is 8.77. The lowest BCUT2D eigenvalue weighted by Gasteiger charge is -2.28. The molecule has 0 amide bonds. The molecule has 42 heavy (non-hydrogen) atoms. The highest BCUT2D eigenvalue weighted by Crippen LogP contribution is 2.41. The molecule has 0 radical (unpaired) electrons. The average Bonchev–Trinajstić information content (AvgIpc) is 2.88. The molecule has 5 aromatic carbocycles. The molecule has 0 N–H and O–H groups in total. The fraction of sp³-hybridized carbons (Fsp3) is 0.381. The molecule has 0 fully saturated rings. The second kappa shape index (κ2) is 10.1. The van der Waals surface area contributed by atoms with Gasteiger partial charge in [-0.3, -0.25) is 0 Å². The van der Waals surface area contributed by atoms with Crippen molar-refractivity contribution in [2.24, 2.45) is 0 Å². The van der Waals surface area contributed by atoms with E-state index in [0.29, 0.717) is 0 Å². The minimum absolute atomic E-state index is 0.0241. The molecular weight excluding hydrogens is 504 g/mol. The molecular formula is C42H50. The zero-order valence-electron chi connectivity index (χ0n) is 28.1. The number of hydrogen-bond donors (Lipinski definition) is 0. The third-order valence-corrected chi connectivity index (χ3v) is 8.77. The molecule has 0 aliphatic rings. The molecule has 0 aliphatic heterocycles. The van der Waals surface area contributed by atoms with E-state index in [1.807, 2.05) is 0 Å². The van der Waals surface area contributed by atoms with Crippen LogP contribution in [0, 0.1) is 0 Å². The predicted molar refractivity (Wildman–Crippen MR) is 189 cm³/mol. The lowest BCUT2D eigenvalue weighted by atomic mass is 9.77. The van der Waals surface area contributed by atoms with Gasteiger partial charge in [0, 0.05) is 0 Å². The van der Waals surface area contributed by atoms with Gasteiger partial charge in [0.05, 0.1) is 0 Å². The van der Waals surface area contributed by atoms with E-state index in [2.05, 4.69) is 168 Å². The van der Waals surface area contributed by atoms with Gasteiger partial charge < -0.3 is 0 Å². The van der Waals surface area contributed by atoms with E-state index in [-0.39, 0.29) is 21.7 Å². The van der Waals surface area contributed by atoms with Crippen molar-refractivity contribution in [1.82, 2.24) is 0 Å². The van der Waals surface area contributed by atoms with Crippen LogP contribution >= 0.6 is 0 Å². The maximum absolute atomic E-state index is 2.47. The van der Waals surface area contributed by atoms with Crippen molar-refractivity contribution in [3.63, 3.8) is 0 Å². The molecule has 5 aromatic rings. The van der Waals surface area contributed by atoms with Gasteiger partial charge in [0.1, 0.15) is 0 Å². The molecule has 0 spiro atoms. The summed E-state index contributed by atoms with van der Waals surface area (Å²) < 4.78 is 0. The Balaban J connectivity index is 1.74. The summed E-state index contributed by atoms with van der Waals surface area (Å²) >= 11 is 0. The highest BCUT2D eigenvalue weighted by molar-refractivity contribution is 6.21. The fourth-order valence-corrected chi connectivity index (χ4v) is 5.96. The third kappa shape index (κ3) is 5.92. The molecule has 0 bridgehead atoms. The molecule has 0 aromatic heterocycles. The van der Waals surface area contributed by atoms with Crippen molar-refractivity contribution in [2.75, 3.05) is 0 Å². The number of fused-ring (bicyclic) bond motifs is 5. The minimum Gasteiger partial charge on any atom is -0.0561 e. The molecule has 0 unspecified atom stereocenters. The van der Waals surface area contributed by atoms with Gasteiger partial charge in [-0.2, -0.15) is 0 Å². The van der Waals surface area contributed by atoms with Crippen molar-refractivity contribution >= 4 is 44.5 Å². The summed E-state index contributed by atoms with van der Waals surface area (Å²) in [6.45, 7) is 27.8. The summed E-state index contributed by atoms with van der Waals surface area (Å²) in [5, 5.41) is 8.02. The minimum atomic E-state index is 0.0241. The van der Waals surface area contributed by atoms with Gasteiger partial charge in [-0.05, 0) is 93.4 Å². The lowest BCUT2D eigenvalue weighted by molar-refractivity contribution is 0.568. The van der Waals surface area contributed by atoms with Crippen LogP contribution in [0.3, 0.4) is 0 Å². The van der Waals surface area contributed by atoms with Gasteiger partial charge in [-0.15, -0.1) is 0 Å². The van der Waals surface area contributed by atoms with Crippen molar-refractivity contribution in [1.29, 1.82) is 0 Å². The highest BCUT2D eigenvalue weighted by atomic mass is 14.3. The molecule has 0 heterocycles. The summed E-state index contributed by atoms with van der Waals surface area (Å²) in [7, 11) is 0. The topological polar surface area (TPSA) is 0 Å². The van der Waals surface area contributed by atoms with Crippen LogP contribution in [0.5, 0.6) is 0 Å². The first-order chi connectivity index (χ1) is 19.3. The second-order valence-corrected chi connectivity index (χ2v) is 16.5. The Hall–Kier alpha value is -3.38. The first-order valence-corrected chi connectivity index (χ1v) is 15.6. The second-order valence-electron chi connectivity index (χ2n) is 16.5. The Labute approximate surface area is 254 Å². The first-order valence-electron chi connectivity index (χ1n) is 15.6. The van der Waals surface area contributed by atoms with Crippen LogP contribution in [0.1, 0.15) is 116 Å². The molecule has 218 valence electrons. The quantitative estimate of drug-likeness (QED) is 0.150. The highest BCUT2D eigenvalue weighted by Gasteiger charge is 2.24. The van der Waals surface area contributed by atoms with Crippen LogP contribution in [0.2, 0.25) is 0 Å². The van der Waals surface area contributed by atoms with Crippen molar-refractivity contribution < 1.29 is 0 Å². The van der Waals surface area contributed by atoms with Gasteiger partial charge in [-0.1, -0.05) is 162 Å². The molecule has 0 heteroatoms. The number of benzene rings is 5. The Bertz CT molecular complexity index is 1800. The van der Waals surface area contributed by atoms with Crippen LogP contribution in [0.4, 0.5) is 0 Å². The van der Waals surface area contributed by atoms with Gasteiger partial charge in [0.15, 0.2) is 0 Å². The van der Waals surface area contributed by atoms with Gasteiger partial charge in [0.25, 0.3) is 0 Å². The Morgan fingerprint density at radius 2 is 0.857 bits per heavy atom. The Morgan fingerprint density at radius 1 is 0.381 bits per heavy atom. The SMILES string of the molecule is CC(C)(C)c1cc(/C=C/c2ccc3ccc4ccc5cc(C(C)(C)C)cc(C(C)(C)C)c5c4c3c2)cc(C(C)(C)C)c1. The average molecular weight is 555 g/mol. The van der Waals surface area contributed by atoms with Crippen molar-refractivity contribution in [2.45, 2.75) is 105 Å². The van der Waals surface area contributed by atoms with Crippen LogP contribution < -0.4 is 0 Å². The molecule has 0 aliphatic carbocycles. The van der Waals surface area contributed by atoms with E-state index in [9.17, 15) is 0 Å². The van der Waals surface area contributed by atoms with Crippen LogP contribution in [0.25, 0.3) is 44.5 Å². The van der Waals surface area contributed by atoms with Crippen LogP contribution in [-0.4, -0.2) is 0 Å². The van der Waals surface area contributed by atoms with E-state index in [1.54, 1.807) is 0 Å². The van der Waals surface area contributed by atoms with Crippen molar-refractivity contribution in [3.8, 4) is 0 Å². The zero-order chi connectivity index (χ0) is 30.8. The summed E-state index contributed by atoms with van der Waals surface area (Å²) in [6, 6.07) is 28.2. The number of hydrogen-bond acceptors (Lipinski definition) is 0. The molecule has 0 saturated heterocycles. The fourth-order valence-electron chi connectivity index (χ4n) is 5.96. The number of rotatable bonds is 2. The normalized spacial score (nSPS) is 13.6. The first kappa shape index (κ1) is 30.1. The molecule has 5 rings (SSSR count). The standard InChI is InChI=1S/C42H50/c1-39(2,3)32-21-28(22-33(25-32)40(4,5)6)14-13-27-15-16-29-17-18-30-19-20-31-24-34(41(7,8)9)26-36(42(10,11)12)38(31)37(30)35(29)23-27/h13-26H,1-12H3/b14-13+. The summed E-state index contributed by atoms with van der Waals surface area (Å²) in [5.41, 5.74) is 8.41. The summed E-state index contributed by atoms with van der Waals surface area (Å²) in [4.78, 5) is 0. The smallest absolute Gasteiger partial charge is 0.00236 e. The summed E-state index contributed by atoms with van der Waals surface area (Å²) in [6.07, 6.45) is 4.59. The van der Waals surface area contributed by atoms with Gasteiger partial charge in [0.2, 0.25) is 0 Å². The molecule has 0 nitrogen and oxygen atoms in total. The van der Waals surface area contributed by atoms with E-state index in [4.69, 9.17) is 0 Å². The lowest BCUT2D eigenvalue weighted by Crippen LogP contribution is -2.17. The van der Waals surface area contributed by atoms with Crippen LogP contribution in [-0.2, 0) is 21.7 Å². The van der Waals surface area contributed by atoms with E-state index in [0.717, 1.165) is 0 Å². The molecule has 0 saturated carbocycles.